The van der Waals surface area contributed by atoms with Crippen LogP contribution >= 0.6 is 0 Å². The summed E-state index contributed by atoms with van der Waals surface area (Å²) in [6, 6.07) is 12.3. The van der Waals surface area contributed by atoms with E-state index < -0.39 is 17.8 Å². The predicted octanol–water partition coefficient (Wildman–Crippen LogP) is 2.17. The summed E-state index contributed by atoms with van der Waals surface area (Å²) in [6.45, 7) is 0. The molecule has 1 aliphatic rings. The van der Waals surface area contributed by atoms with E-state index in [-0.39, 0.29) is 18.6 Å². The summed E-state index contributed by atoms with van der Waals surface area (Å²) in [4.78, 5) is 39.4. The van der Waals surface area contributed by atoms with Crippen LogP contribution in [0.4, 0.5) is 0 Å². The van der Waals surface area contributed by atoms with Crippen LogP contribution in [0.2, 0.25) is 0 Å². The van der Waals surface area contributed by atoms with Gasteiger partial charge in [0, 0.05) is 18.4 Å². The molecule has 1 aromatic carbocycles. The molecule has 6 heteroatoms. The standard InChI is InChI=1S/C15H11NO5/c17-13-8-9-14(18)16(13)21-15(19)12-7-6-11(20-12)10-4-2-1-3-5-10/h1-7H,8-9H2. The van der Waals surface area contributed by atoms with Gasteiger partial charge in [0.1, 0.15) is 5.76 Å². The molecule has 0 radical (unpaired) electrons. The van der Waals surface area contributed by atoms with Gasteiger partial charge in [-0.3, -0.25) is 9.59 Å². The Morgan fingerprint density at radius 1 is 1.00 bits per heavy atom. The SMILES string of the molecule is O=C(ON1C(=O)CCC1=O)c1ccc(-c2ccccc2)o1. The van der Waals surface area contributed by atoms with E-state index in [0.29, 0.717) is 10.8 Å². The number of hydroxylamine groups is 2. The van der Waals surface area contributed by atoms with E-state index in [4.69, 9.17) is 9.25 Å². The molecule has 1 aromatic heterocycles. The summed E-state index contributed by atoms with van der Waals surface area (Å²) in [5, 5.41) is 0.493. The molecule has 106 valence electrons. The summed E-state index contributed by atoms with van der Waals surface area (Å²) >= 11 is 0. The van der Waals surface area contributed by atoms with E-state index in [9.17, 15) is 14.4 Å². The molecule has 21 heavy (non-hydrogen) atoms. The van der Waals surface area contributed by atoms with E-state index in [1.54, 1.807) is 6.07 Å². The summed E-state index contributed by atoms with van der Waals surface area (Å²) in [7, 11) is 0. The van der Waals surface area contributed by atoms with Gasteiger partial charge in [-0.05, 0) is 12.1 Å². The highest BCUT2D eigenvalue weighted by molar-refractivity contribution is 6.02. The Balaban J connectivity index is 1.76. The van der Waals surface area contributed by atoms with Gasteiger partial charge < -0.3 is 9.25 Å². The summed E-state index contributed by atoms with van der Waals surface area (Å²) in [6.07, 6.45) is 0.110. The maximum absolute atomic E-state index is 11.9. The molecule has 0 unspecified atom stereocenters. The lowest BCUT2D eigenvalue weighted by atomic mass is 10.2. The molecule has 1 aliphatic heterocycles. The molecule has 2 amide bonds. The second-order valence-corrected chi connectivity index (χ2v) is 4.49. The van der Waals surface area contributed by atoms with Crippen molar-refractivity contribution < 1.29 is 23.6 Å². The molecule has 0 atom stereocenters. The van der Waals surface area contributed by atoms with Crippen molar-refractivity contribution in [2.24, 2.45) is 0 Å². The van der Waals surface area contributed by atoms with Crippen molar-refractivity contribution in [1.29, 1.82) is 0 Å². The summed E-state index contributed by atoms with van der Waals surface area (Å²) in [5.74, 6) is -1.49. The van der Waals surface area contributed by atoms with Crippen molar-refractivity contribution in [3.8, 4) is 11.3 Å². The average Bonchev–Trinajstić information content (AvgIpc) is 3.11. The molecule has 0 aliphatic carbocycles. The van der Waals surface area contributed by atoms with E-state index in [2.05, 4.69) is 0 Å². The third kappa shape index (κ3) is 2.55. The lowest BCUT2D eigenvalue weighted by Crippen LogP contribution is -2.31. The largest absolute Gasteiger partial charge is 0.449 e. The van der Waals surface area contributed by atoms with Crippen molar-refractivity contribution in [3.63, 3.8) is 0 Å². The van der Waals surface area contributed by atoms with Crippen LogP contribution < -0.4 is 0 Å². The molecule has 0 bridgehead atoms. The van der Waals surface area contributed by atoms with Gasteiger partial charge in [-0.15, -0.1) is 5.06 Å². The van der Waals surface area contributed by atoms with Gasteiger partial charge >= 0.3 is 5.97 Å². The van der Waals surface area contributed by atoms with Crippen LogP contribution in [0.25, 0.3) is 11.3 Å². The van der Waals surface area contributed by atoms with Crippen molar-refractivity contribution in [2.45, 2.75) is 12.8 Å². The Morgan fingerprint density at radius 3 is 2.33 bits per heavy atom. The minimum atomic E-state index is -0.874. The molecule has 0 N–H and O–H groups in total. The van der Waals surface area contributed by atoms with Crippen LogP contribution in [0.3, 0.4) is 0 Å². The van der Waals surface area contributed by atoms with Crippen LogP contribution in [0, 0.1) is 0 Å². The van der Waals surface area contributed by atoms with Crippen LogP contribution in [0.1, 0.15) is 23.4 Å². The van der Waals surface area contributed by atoms with Crippen molar-refractivity contribution in [3.05, 3.63) is 48.2 Å². The highest BCUT2D eigenvalue weighted by atomic mass is 16.7. The molecular weight excluding hydrogens is 274 g/mol. The second kappa shape index (κ2) is 5.24. The maximum atomic E-state index is 11.9. The first-order valence-electron chi connectivity index (χ1n) is 6.38. The third-order valence-corrected chi connectivity index (χ3v) is 3.05. The van der Waals surface area contributed by atoms with Gasteiger partial charge in [-0.25, -0.2) is 4.79 Å². The Kier molecular flexibility index (Phi) is 3.27. The van der Waals surface area contributed by atoms with Crippen molar-refractivity contribution >= 4 is 17.8 Å². The van der Waals surface area contributed by atoms with Crippen molar-refractivity contribution in [1.82, 2.24) is 5.06 Å². The van der Waals surface area contributed by atoms with Gasteiger partial charge in [-0.1, -0.05) is 30.3 Å². The van der Waals surface area contributed by atoms with Gasteiger partial charge in [0.05, 0.1) is 0 Å². The first-order chi connectivity index (χ1) is 10.1. The molecule has 1 saturated heterocycles. The van der Waals surface area contributed by atoms with Crippen LogP contribution in [0.5, 0.6) is 0 Å². The molecule has 3 rings (SSSR count). The zero-order chi connectivity index (χ0) is 14.8. The fourth-order valence-electron chi connectivity index (χ4n) is 1.99. The number of furan rings is 1. The quantitative estimate of drug-likeness (QED) is 0.808. The summed E-state index contributed by atoms with van der Waals surface area (Å²) < 4.78 is 5.39. The van der Waals surface area contributed by atoms with Gasteiger partial charge in [0.25, 0.3) is 11.8 Å². The molecule has 2 aromatic rings. The zero-order valence-corrected chi connectivity index (χ0v) is 10.9. The molecule has 1 fully saturated rings. The van der Waals surface area contributed by atoms with Gasteiger partial charge in [-0.2, -0.15) is 0 Å². The lowest BCUT2D eigenvalue weighted by molar-refractivity contribution is -0.173. The van der Waals surface area contributed by atoms with Crippen LogP contribution in [0.15, 0.2) is 46.9 Å². The minimum absolute atomic E-state index is 0.0551. The van der Waals surface area contributed by atoms with E-state index in [1.165, 1.54) is 6.07 Å². The van der Waals surface area contributed by atoms with Gasteiger partial charge in [0.15, 0.2) is 0 Å². The highest BCUT2D eigenvalue weighted by Crippen LogP contribution is 2.23. The summed E-state index contributed by atoms with van der Waals surface area (Å²) in [5.41, 5.74) is 0.810. The average molecular weight is 285 g/mol. The maximum Gasteiger partial charge on any atom is 0.399 e. The monoisotopic (exact) mass is 285 g/mol. The highest BCUT2D eigenvalue weighted by Gasteiger charge is 2.33. The lowest BCUT2D eigenvalue weighted by Gasteiger charge is -2.10. The molecule has 6 nitrogen and oxygen atoms in total. The number of carbonyl (C=O) groups is 3. The number of hydrogen-bond donors (Lipinski definition) is 0. The number of benzene rings is 1. The van der Waals surface area contributed by atoms with Gasteiger partial charge in [0.2, 0.25) is 5.76 Å². The zero-order valence-electron chi connectivity index (χ0n) is 10.9. The Hall–Kier alpha value is -2.89. The normalized spacial score (nSPS) is 14.6. The van der Waals surface area contributed by atoms with Crippen LogP contribution in [-0.4, -0.2) is 22.8 Å². The molecular formula is C15H11NO5. The fraction of sp³-hybridized carbons (Fsp3) is 0.133. The molecule has 2 heterocycles. The first kappa shape index (κ1) is 13.1. The molecule has 0 spiro atoms. The Morgan fingerprint density at radius 2 is 1.67 bits per heavy atom. The number of nitrogens with zero attached hydrogens (tertiary/aromatic N) is 1. The first-order valence-corrected chi connectivity index (χ1v) is 6.38. The van der Waals surface area contributed by atoms with Crippen molar-refractivity contribution in [2.75, 3.05) is 0 Å². The number of amides is 2. The van der Waals surface area contributed by atoms with E-state index in [1.807, 2.05) is 30.3 Å². The van der Waals surface area contributed by atoms with E-state index in [0.717, 1.165) is 5.56 Å². The number of carbonyl (C=O) groups excluding carboxylic acids is 3. The topological polar surface area (TPSA) is 76.8 Å². The number of hydrogen-bond acceptors (Lipinski definition) is 5. The predicted molar refractivity (Wildman–Crippen MR) is 70.6 cm³/mol. The second-order valence-electron chi connectivity index (χ2n) is 4.49. The van der Waals surface area contributed by atoms with Crippen LogP contribution in [-0.2, 0) is 14.4 Å². The number of imide groups is 1. The Bertz CT molecular complexity index is 688. The fourth-order valence-corrected chi connectivity index (χ4v) is 1.99. The molecule has 0 saturated carbocycles. The Labute approximate surface area is 119 Å². The minimum Gasteiger partial charge on any atom is -0.449 e. The number of rotatable bonds is 3. The van der Waals surface area contributed by atoms with E-state index >= 15 is 0 Å². The third-order valence-electron chi connectivity index (χ3n) is 3.05. The smallest absolute Gasteiger partial charge is 0.399 e.